The van der Waals surface area contributed by atoms with Crippen molar-refractivity contribution in [1.82, 2.24) is 9.88 Å². The minimum Gasteiger partial charge on any atom is -0.378 e. The highest BCUT2D eigenvalue weighted by Crippen LogP contribution is 2.31. The summed E-state index contributed by atoms with van der Waals surface area (Å²) in [6, 6.07) is 9.40. The summed E-state index contributed by atoms with van der Waals surface area (Å²) in [6.45, 7) is 1.24. The molecular formula is C17H18F2N2O. The Morgan fingerprint density at radius 2 is 2.00 bits per heavy atom. The first-order valence-corrected chi connectivity index (χ1v) is 7.19. The third-order valence-corrected chi connectivity index (χ3v) is 3.95. The standard InChI is InChI=1S/C17H18F2N2O/c1-20-9-12(22-2)10-21-15-7-6-11(18)8-13(15)17-14(19)4-3-5-16(17)21/h3-8,12,20H,9-10H2,1-2H3. The summed E-state index contributed by atoms with van der Waals surface area (Å²) in [6.07, 6.45) is -0.0582. The molecule has 2 aromatic carbocycles. The van der Waals surface area contributed by atoms with Gasteiger partial charge in [-0.3, -0.25) is 0 Å². The number of aromatic nitrogens is 1. The van der Waals surface area contributed by atoms with Crippen molar-refractivity contribution in [1.29, 1.82) is 0 Å². The molecule has 0 aliphatic rings. The first-order chi connectivity index (χ1) is 10.7. The van der Waals surface area contributed by atoms with Crippen LogP contribution in [-0.4, -0.2) is 31.4 Å². The molecule has 0 saturated carbocycles. The number of fused-ring (bicyclic) bond motifs is 3. The number of rotatable bonds is 5. The highest BCUT2D eigenvalue weighted by molar-refractivity contribution is 6.08. The van der Waals surface area contributed by atoms with E-state index in [2.05, 4.69) is 5.32 Å². The number of methoxy groups -OCH3 is 1. The largest absolute Gasteiger partial charge is 0.378 e. The molecule has 1 atom stereocenters. The minimum atomic E-state index is -0.367. The van der Waals surface area contributed by atoms with E-state index < -0.39 is 0 Å². The zero-order chi connectivity index (χ0) is 15.7. The lowest BCUT2D eigenvalue weighted by atomic mass is 10.1. The Balaban J connectivity index is 2.24. The zero-order valence-electron chi connectivity index (χ0n) is 12.6. The van der Waals surface area contributed by atoms with Crippen LogP contribution in [0.1, 0.15) is 0 Å². The van der Waals surface area contributed by atoms with Crippen LogP contribution in [0.2, 0.25) is 0 Å². The summed E-state index contributed by atoms with van der Waals surface area (Å²) in [5.41, 5.74) is 1.55. The van der Waals surface area contributed by atoms with Gasteiger partial charge in [0, 0.05) is 29.9 Å². The van der Waals surface area contributed by atoms with Gasteiger partial charge in [-0.1, -0.05) is 6.07 Å². The van der Waals surface area contributed by atoms with Crippen molar-refractivity contribution in [2.24, 2.45) is 0 Å². The molecule has 3 aromatic rings. The molecule has 1 unspecified atom stereocenters. The Kier molecular flexibility index (Phi) is 4.09. The van der Waals surface area contributed by atoms with Gasteiger partial charge in [-0.05, 0) is 37.4 Å². The van der Waals surface area contributed by atoms with Crippen molar-refractivity contribution in [2.45, 2.75) is 12.6 Å². The molecule has 0 aliphatic carbocycles. The highest BCUT2D eigenvalue weighted by atomic mass is 19.1. The van der Waals surface area contributed by atoms with E-state index in [0.717, 1.165) is 11.0 Å². The van der Waals surface area contributed by atoms with E-state index in [1.807, 2.05) is 17.7 Å². The van der Waals surface area contributed by atoms with Crippen LogP contribution in [0.15, 0.2) is 36.4 Å². The van der Waals surface area contributed by atoms with E-state index in [1.165, 1.54) is 18.2 Å². The Labute approximate surface area is 127 Å². The van der Waals surface area contributed by atoms with E-state index in [0.29, 0.717) is 23.9 Å². The fourth-order valence-corrected chi connectivity index (χ4v) is 2.93. The van der Waals surface area contributed by atoms with Gasteiger partial charge >= 0.3 is 0 Å². The van der Waals surface area contributed by atoms with Crippen LogP contribution in [0, 0.1) is 11.6 Å². The number of hydrogen-bond donors (Lipinski definition) is 1. The van der Waals surface area contributed by atoms with Gasteiger partial charge < -0.3 is 14.6 Å². The van der Waals surface area contributed by atoms with Crippen LogP contribution in [0.4, 0.5) is 8.78 Å². The molecule has 0 saturated heterocycles. The molecule has 116 valence electrons. The van der Waals surface area contributed by atoms with Gasteiger partial charge in [0.2, 0.25) is 0 Å². The van der Waals surface area contributed by atoms with Crippen molar-refractivity contribution < 1.29 is 13.5 Å². The lowest BCUT2D eigenvalue weighted by molar-refractivity contribution is 0.0907. The average molecular weight is 304 g/mol. The number of halogens is 2. The fraction of sp³-hybridized carbons (Fsp3) is 0.294. The van der Waals surface area contributed by atoms with Gasteiger partial charge in [-0.2, -0.15) is 0 Å². The topological polar surface area (TPSA) is 26.2 Å². The maximum atomic E-state index is 14.2. The van der Waals surface area contributed by atoms with Gasteiger partial charge in [-0.25, -0.2) is 8.78 Å². The number of benzene rings is 2. The van der Waals surface area contributed by atoms with E-state index in [1.54, 1.807) is 19.2 Å². The SMILES string of the molecule is CNCC(Cn1c2ccc(F)cc2c2c(F)cccc21)OC. The van der Waals surface area contributed by atoms with E-state index in [9.17, 15) is 8.78 Å². The quantitative estimate of drug-likeness (QED) is 0.782. The molecule has 0 radical (unpaired) electrons. The first-order valence-electron chi connectivity index (χ1n) is 7.19. The lowest BCUT2D eigenvalue weighted by Gasteiger charge is -2.17. The minimum absolute atomic E-state index is 0.0582. The molecule has 1 aromatic heterocycles. The van der Waals surface area contributed by atoms with Gasteiger partial charge in [-0.15, -0.1) is 0 Å². The maximum Gasteiger partial charge on any atom is 0.133 e. The molecular weight excluding hydrogens is 286 g/mol. The third-order valence-electron chi connectivity index (χ3n) is 3.95. The molecule has 0 amide bonds. The monoisotopic (exact) mass is 304 g/mol. The molecule has 3 rings (SSSR count). The number of ether oxygens (including phenoxy) is 1. The van der Waals surface area contributed by atoms with Crippen LogP contribution in [0.5, 0.6) is 0 Å². The van der Waals surface area contributed by atoms with Crippen LogP contribution >= 0.6 is 0 Å². The van der Waals surface area contributed by atoms with E-state index in [-0.39, 0.29) is 17.7 Å². The molecule has 0 aliphatic heterocycles. The van der Waals surface area contributed by atoms with E-state index >= 15 is 0 Å². The van der Waals surface area contributed by atoms with Gasteiger partial charge in [0.05, 0.1) is 18.2 Å². The summed E-state index contributed by atoms with van der Waals surface area (Å²) < 4.78 is 35.3. The normalized spacial score (nSPS) is 13.1. The number of nitrogens with zero attached hydrogens (tertiary/aromatic N) is 1. The van der Waals surface area contributed by atoms with Crippen LogP contribution in [-0.2, 0) is 11.3 Å². The molecule has 3 nitrogen and oxygen atoms in total. The summed E-state index contributed by atoms with van der Waals surface area (Å²) in [5.74, 6) is -0.706. The summed E-state index contributed by atoms with van der Waals surface area (Å²) in [4.78, 5) is 0. The molecule has 1 N–H and O–H groups in total. The number of nitrogens with one attached hydrogen (secondary N) is 1. The maximum absolute atomic E-state index is 14.2. The Morgan fingerprint density at radius 3 is 2.73 bits per heavy atom. The Morgan fingerprint density at radius 1 is 1.18 bits per heavy atom. The predicted molar refractivity (Wildman–Crippen MR) is 84.1 cm³/mol. The van der Waals surface area contributed by atoms with Crippen molar-refractivity contribution in [3.8, 4) is 0 Å². The van der Waals surface area contributed by atoms with Crippen molar-refractivity contribution in [2.75, 3.05) is 20.7 Å². The number of likely N-dealkylation sites (N-methyl/N-ethyl adjacent to an activating group) is 1. The van der Waals surface area contributed by atoms with Gasteiger partial charge in [0.15, 0.2) is 0 Å². The molecule has 1 heterocycles. The summed E-state index contributed by atoms with van der Waals surface area (Å²) in [7, 11) is 3.50. The molecule has 5 heteroatoms. The van der Waals surface area contributed by atoms with Crippen LogP contribution in [0.3, 0.4) is 0 Å². The lowest BCUT2D eigenvalue weighted by Crippen LogP contribution is -2.29. The smallest absolute Gasteiger partial charge is 0.133 e. The van der Waals surface area contributed by atoms with Crippen molar-refractivity contribution in [3.05, 3.63) is 48.0 Å². The van der Waals surface area contributed by atoms with Crippen LogP contribution < -0.4 is 5.32 Å². The second-order valence-corrected chi connectivity index (χ2v) is 5.32. The van der Waals surface area contributed by atoms with Crippen molar-refractivity contribution in [3.63, 3.8) is 0 Å². The van der Waals surface area contributed by atoms with E-state index in [4.69, 9.17) is 4.74 Å². The highest BCUT2D eigenvalue weighted by Gasteiger charge is 2.17. The summed E-state index contributed by atoms with van der Waals surface area (Å²) in [5, 5.41) is 4.12. The predicted octanol–water partition coefficient (Wildman–Crippen LogP) is 3.31. The third kappa shape index (κ3) is 2.46. The molecule has 0 spiro atoms. The zero-order valence-corrected chi connectivity index (χ0v) is 12.6. The van der Waals surface area contributed by atoms with Crippen LogP contribution in [0.25, 0.3) is 21.8 Å². The molecule has 22 heavy (non-hydrogen) atoms. The Hall–Kier alpha value is -1.98. The Bertz CT molecular complexity index is 813. The molecule has 0 bridgehead atoms. The fourth-order valence-electron chi connectivity index (χ4n) is 2.93. The molecule has 0 fully saturated rings. The van der Waals surface area contributed by atoms with Gasteiger partial charge in [0.1, 0.15) is 11.6 Å². The average Bonchev–Trinajstić information content (AvgIpc) is 2.81. The number of hydrogen-bond acceptors (Lipinski definition) is 2. The van der Waals surface area contributed by atoms with Crippen molar-refractivity contribution >= 4 is 21.8 Å². The second-order valence-electron chi connectivity index (χ2n) is 5.32. The van der Waals surface area contributed by atoms with Gasteiger partial charge in [0.25, 0.3) is 0 Å². The summed E-state index contributed by atoms with van der Waals surface area (Å²) >= 11 is 0. The first kappa shape index (κ1) is 14.9. The second kappa shape index (κ2) is 6.02.